The number of benzene rings is 1. The molecule has 6 heteroatoms. The molecule has 25 heavy (non-hydrogen) atoms. The van der Waals surface area contributed by atoms with Gasteiger partial charge in [0, 0.05) is 31.1 Å². The highest BCUT2D eigenvalue weighted by Crippen LogP contribution is 2.28. The second-order valence-electron chi connectivity index (χ2n) is 7.11. The minimum atomic E-state index is -0.910. The molecule has 1 saturated heterocycles. The Morgan fingerprint density at radius 3 is 2.64 bits per heavy atom. The topological polar surface area (TPSA) is 49.4 Å². The number of halogens is 2. The highest BCUT2D eigenvalue weighted by Gasteiger charge is 2.35. The monoisotopic (exact) mass is 350 g/mol. The van der Waals surface area contributed by atoms with E-state index in [4.69, 9.17) is 0 Å². The second-order valence-corrected chi connectivity index (χ2v) is 7.11. The molecule has 1 saturated carbocycles. The molecule has 0 aromatic heterocycles. The molecule has 2 amide bonds. The van der Waals surface area contributed by atoms with E-state index in [9.17, 15) is 18.4 Å². The molecule has 0 unspecified atom stereocenters. The van der Waals surface area contributed by atoms with E-state index in [1.165, 1.54) is 19.1 Å². The Labute approximate surface area is 146 Å². The third-order valence-electron chi connectivity index (χ3n) is 5.39. The summed E-state index contributed by atoms with van der Waals surface area (Å²) in [6.07, 6.45) is 5.16. The summed E-state index contributed by atoms with van der Waals surface area (Å²) >= 11 is 0. The fourth-order valence-corrected chi connectivity index (χ4v) is 3.80. The molecule has 1 aliphatic heterocycles. The maximum atomic E-state index is 13.9. The van der Waals surface area contributed by atoms with Crippen LogP contribution in [0.5, 0.6) is 0 Å². The van der Waals surface area contributed by atoms with E-state index < -0.39 is 11.6 Å². The van der Waals surface area contributed by atoms with Gasteiger partial charge in [-0.05, 0) is 31.7 Å². The molecule has 1 aliphatic carbocycles. The molecule has 1 N–H and O–H groups in total. The average Bonchev–Trinajstić information content (AvgIpc) is 3.13. The highest BCUT2D eigenvalue weighted by atomic mass is 19.2. The zero-order valence-electron chi connectivity index (χ0n) is 14.5. The van der Waals surface area contributed by atoms with Crippen molar-refractivity contribution in [1.29, 1.82) is 0 Å². The molecule has 1 atom stereocenters. The fourth-order valence-electron chi connectivity index (χ4n) is 3.80. The number of amides is 2. The van der Waals surface area contributed by atoms with Crippen LogP contribution in [0.25, 0.3) is 0 Å². The Morgan fingerprint density at radius 2 is 1.92 bits per heavy atom. The van der Waals surface area contributed by atoms with Crippen molar-refractivity contribution in [2.45, 2.75) is 58.0 Å². The Morgan fingerprint density at radius 1 is 1.20 bits per heavy atom. The van der Waals surface area contributed by atoms with Crippen LogP contribution in [-0.2, 0) is 16.1 Å². The van der Waals surface area contributed by atoms with E-state index in [1.807, 2.05) is 4.90 Å². The van der Waals surface area contributed by atoms with E-state index in [-0.39, 0.29) is 41.4 Å². The van der Waals surface area contributed by atoms with Gasteiger partial charge in [0.05, 0.1) is 5.92 Å². The average molecular weight is 350 g/mol. The first-order chi connectivity index (χ1) is 12.0. The summed E-state index contributed by atoms with van der Waals surface area (Å²) in [5, 5.41) is 2.70. The molecule has 4 nitrogen and oxygen atoms in total. The molecule has 1 aromatic rings. The molecule has 136 valence electrons. The summed E-state index contributed by atoms with van der Waals surface area (Å²) in [6.45, 7) is 1.88. The van der Waals surface area contributed by atoms with Crippen LogP contribution in [0.1, 0.15) is 49.7 Å². The molecule has 0 spiro atoms. The first kappa shape index (κ1) is 17.8. The van der Waals surface area contributed by atoms with Crippen molar-refractivity contribution in [3.63, 3.8) is 0 Å². The van der Waals surface area contributed by atoms with E-state index in [0.717, 1.165) is 25.7 Å². The van der Waals surface area contributed by atoms with Crippen molar-refractivity contribution in [3.8, 4) is 0 Å². The Bertz CT molecular complexity index is 672. The summed E-state index contributed by atoms with van der Waals surface area (Å²) in [5.41, 5.74) is 0.376. The summed E-state index contributed by atoms with van der Waals surface area (Å²) in [6, 6.07) is 3.25. The number of piperidine rings is 1. The van der Waals surface area contributed by atoms with Gasteiger partial charge in [-0.1, -0.05) is 25.0 Å². The van der Waals surface area contributed by atoms with E-state index >= 15 is 0 Å². The molecule has 0 radical (unpaired) electrons. The highest BCUT2D eigenvalue weighted by molar-refractivity contribution is 5.84. The van der Waals surface area contributed by atoms with Crippen molar-refractivity contribution in [2.75, 3.05) is 6.54 Å². The van der Waals surface area contributed by atoms with Crippen LogP contribution >= 0.6 is 0 Å². The number of nitrogens with zero attached hydrogens (tertiary/aromatic N) is 1. The van der Waals surface area contributed by atoms with E-state index in [1.54, 1.807) is 0 Å². The number of nitrogens with one attached hydrogen (secondary N) is 1. The van der Waals surface area contributed by atoms with Crippen LogP contribution in [0, 0.1) is 24.5 Å². The zero-order valence-corrected chi connectivity index (χ0v) is 14.5. The van der Waals surface area contributed by atoms with Gasteiger partial charge >= 0.3 is 0 Å². The molecule has 2 aliphatic rings. The first-order valence-electron chi connectivity index (χ1n) is 8.98. The van der Waals surface area contributed by atoms with Crippen LogP contribution in [-0.4, -0.2) is 29.3 Å². The minimum Gasteiger partial charge on any atom is -0.352 e. The standard InChI is InChI=1S/C19H24F2N2O2/c1-12-6-7-13(18(21)17(12)20)10-22-19(25)14-8-9-16(24)23(11-14)15-4-2-3-5-15/h6-7,14-15H,2-5,8-11H2,1H3,(H,22,25)/t14-/m0/s1. The van der Waals surface area contributed by atoms with Crippen molar-refractivity contribution in [2.24, 2.45) is 5.92 Å². The predicted molar refractivity (Wildman–Crippen MR) is 89.6 cm³/mol. The van der Waals surface area contributed by atoms with Gasteiger partial charge in [-0.15, -0.1) is 0 Å². The van der Waals surface area contributed by atoms with Crippen molar-refractivity contribution in [1.82, 2.24) is 10.2 Å². The Balaban J connectivity index is 1.59. The van der Waals surface area contributed by atoms with Crippen LogP contribution in [0.15, 0.2) is 12.1 Å². The second kappa shape index (κ2) is 7.50. The van der Waals surface area contributed by atoms with Gasteiger partial charge in [-0.3, -0.25) is 9.59 Å². The van der Waals surface area contributed by atoms with Gasteiger partial charge in [-0.2, -0.15) is 0 Å². The molecule has 3 rings (SSSR count). The minimum absolute atomic E-state index is 0.0459. The van der Waals surface area contributed by atoms with Gasteiger partial charge in [0.2, 0.25) is 11.8 Å². The van der Waals surface area contributed by atoms with Crippen LogP contribution in [0.3, 0.4) is 0 Å². The smallest absolute Gasteiger partial charge is 0.225 e. The van der Waals surface area contributed by atoms with E-state index in [0.29, 0.717) is 19.4 Å². The SMILES string of the molecule is Cc1ccc(CNC(=O)[C@H]2CCC(=O)N(C3CCCC3)C2)c(F)c1F. The third kappa shape index (κ3) is 3.83. The van der Waals surface area contributed by atoms with E-state index in [2.05, 4.69) is 5.32 Å². The number of hydrogen-bond acceptors (Lipinski definition) is 2. The molecular weight excluding hydrogens is 326 g/mol. The first-order valence-corrected chi connectivity index (χ1v) is 8.98. The van der Waals surface area contributed by atoms with Crippen molar-refractivity contribution < 1.29 is 18.4 Å². The van der Waals surface area contributed by atoms with Crippen LogP contribution in [0.2, 0.25) is 0 Å². The lowest BCUT2D eigenvalue weighted by molar-refractivity contribution is -0.140. The van der Waals surface area contributed by atoms with Crippen molar-refractivity contribution in [3.05, 3.63) is 34.9 Å². The fraction of sp³-hybridized carbons (Fsp3) is 0.579. The number of carbonyl (C=O) groups excluding carboxylic acids is 2. The lowest BCUT2D eigenvalue weighted by Crippen LogP contribution is -2.49. The summed E-state index contributed by atoms with van der Waals surface area (Å²) in [5.74, 6) is -2.13. The summed E-state index contributed by atoms with van der Waals surface area (Å²) in [7, 11) is 0. The molecule has 1 heterocycles. The quantitative estimate of drug-likeness (QED) is 0.907. The van der Waals surface area contributed by atoms with Gasteiger partial charge in [0.1, 0.15) is 0 Å². The van der Waals surface area contributed by atoms with Gasteiger partial charge < -0.3 is 10.2 Å². The Hall–Kier alpha value is -1.98. The number of hydrogen-bond donors (Lipinski definition) is 1. The largest absolute Gasteiger partial charge is 0.352 e. The van der Waals surface area contributed by atoms with Crippen LogP contribution < -0.4 is 5.32 Å². The van der Waals surface area contributed by atoms with Crippen LogP contribution in [0.4, 0.5) is 8.78 Å². The molecule has 0 bridgehead atoms. The zero-order chi connectivity index (χ0) is 18.0. The number of likely N-dealkylation sites (tertiary alicyclic amines) is 1. The maximum Gasteiger partial charge on any atom is 0.225 e. The summed E-state index contributed by atoms with van der Waals surface area (Å²) in [4.78, 5) is 26.4. The van der Waals surface area contributed by atoms with Gasteiger partial charge in [0.15, 0.2) is 11.6 Å². The third-order valence-corrected chi connectivity index (χ3v) is 5.39. The summed E-state index contributed by atoms with van der Waals surface area (Å²) < 4.78 is 27.5. The Kier molecular flexibility index (Phi) is 5.35. The number of rotatable bonds is 4. The van der Waals surface area contributed by atoms with Crippen molar-refractivity contribution >= 4 is 11.8 Å². The lowest BCUT2D eigenvalue weighted by Gasteiger charge is -2.36. The number of carbonyl (C=O) groups is 2. The molecule has 2 fully saturated rings. The number of aryl methyl sites for hydroxylation is 1. The lowest BCUT2D eigenvalue weighted by atomic mass is 9.94. The molecular formula is C19H24F2N2O2. The normalized spacial score (nSPS) is 21.6. The maximum absolute atomic E-state index is 13.9. The van der Waals surface area contributed by atoms with Gasteiger partial charge in [-0.25, -0.2) is 8.78 Å². The van der Waals surface area contributed by atoms with Gasteiger partial charge in [0.25, 0.3) is 0 Å². The molecule has 1 aromatic carbocycles. The predicted octanol–water partition coefficient (Wildman–Crippen LogP) is 3.07.